The van der Waals surface area contributed by atoms with Crippen molar-refractivity contribution in [1.29, 1.82) is 0 Å². The highest BCUT2D eigenvalue weighted by Crippen LogP contribution is 2.26. The van der Waals surface area contributed by atoms with Crippen molar-refractivity contribution in [3.63, 3.8) is 0 Å². The van der Waals surface area contributed by atoms with Crippen LogP contribution in [0.25, 0.3) is 0 Å². The van der Waals surface area contributed by atoms with Crippen LogP contribution in [-0.4, -0.2) is 23.0 Å². The summed E-state index contributed by atoms with van der Waals surface area (Å²) in [6.45, 7) is 0. The van der Waals surface area contributed by atoms with Gasteiger partial charge in [0, 0.05) is 12.1 Å². The molecule has 23 heavy (non-hydrogen) atoms. The van der Waals surface area contributed by atoms with Crippen molar-refractivity contribution in [2.75, 3.05) is 5.32 Å². The minimum absolute atomic E-state index is 0.0854. The maximum atomic E-state index is 12.4. The fourth-order valence-corrected chi connectivity index (χ4v) is 2.61. The monoisotopic (exact) mass is 352 g/mol. The average Bonchev–Trinajstić information content (AvgIpc) is 2.48. The number of rotatable bonds is 5. The van der Waals surface area contributed by atoms with E-state index in [1.54, 1.807) is 42.5 Å². The smallest absolute Gasteiger partial charge is 0.320 e. The highest BCUT2D eigenvalue weighted by molar-refractivity contribution is 6.40. The van der Waals surface area contributed by atoms with Gasteiger partial charge in [-0.2, -0.15) is 0 Å². The summed E-state index contributed by atoms with van der Waals surface area (Å²) in [5.74, 6) is -1.59. The number of nitrogens with two attached hydrogens (primary N) is 1. The molecule has 0 saturated carbocycles. The van der Waals surface area contributed by atoms with Gasteiger partial charge in [0.2, 0.25) is 0 Å². The summed E-state index contributed by atoms with van der Waals surface area (Å²) in [4.78, 5) is 23.3. The third kappa shape index (κ3) is 4.22. The van der Waals surface area contributed by atoms with Crippen molar-refractivity contribution in [2.24, 2.45) is 5.73 Å². The molecule has 0 aromatic heterocycles. The van der Waals surface area contributed by atoms with Crippen molar-refractivity contribution in [3.05, 3.63) is 63.6 Å². The molecule has 0 heterocycles. The average molecular weight is 353 g/mol. The second kappa shape index (κ2) is 7.46. The van der Waals surface area contributed by atoms with Crippen molar-refractivity contribution in [2.45, 2.75) is 12.5 Å². The van der Waals surface area contributed by atoms with E-state index in [1.165, 1.54) is 0 Å². The molecule has 0 saturated heterocycles. The number of carboxylic acid groups (broad SMARTS) is 1. The molecule has 2 aromatic carbocycles. The lowest BCUT2D eigenvalue weighted by molar-refractivity contribution is -0.138. The predicted molar refractivity (Wildman–Crippen MR) is 90.2 cm³/mol. The van der Waals surface area contributed by atoms with E-state index in [9.17, 15) is 9.59 Å². The van der Waals surface area contributed by atoms with Crippen LogP contribution in [0, 0.1) is 0 Å². The molecule has 1 atom stereocenters. The minimum atomic E-state index is -1.11. The van der Waals surface area contributed by atoms with Crippen molar-refractivity contribution in [3.8, 4) is 0 Å². The van der Waals surface area contributed by atoms with E-state index in [-0.39, 0.29) is 22.0 Å². The Labute approximate surface area is 143 Å². The Balaban J connectivity index is 2.27. The van der Waals surface area contributed by atoms with E-state index in [0.29, 0.717) is 11.3 Å². The van der Waals surface area contributed by atoms with Crippen LogP contribution in [0.2, 0.25) is 10.0 Å². The van der Waals surface area contributed by atoms with Gasteiger partial charge < -0.3 is 16.2 Å². The minimum Gasteiger partial charge on any atom is -0.480 e. The number of amides is 1. The Kier molecular flexibility index (Phi) is 5.60. The first kappa shape index (κ1) is 17.3. The van der Waals surface area contributed by atoms with E-state index in [0.717, 1.165) is 0 Å². The molecule has 2 aromatic rings. The normalized spacial score (nSPS) is 11.8. The van der Waals surface area contributed by atoms with Crippen molar-refractivity contribution in [1.82, 2.24) is 0 Å². The van der Waals surface area contributed by atoms with Gasteiger partial charge in [-0.3, -0.25) is 9.59 Å². The van der Waals surface area contributed by atoms with E-state index >= 15 is 0 Å². The Morgan fingerprint density at radius 3 is 2.30 bits per heavy atom. The Hall–Kier alpha value is -2.08. The topological polar surface area (TPSA) is 92.4 Å². The number of benzene rings is 2. The second-order valence-electron chi connectivity index (χ2n) is 4.86. The second-order valence-corrected chi connectivity index (χ2v) is 5.67. The number of hydrogen-bond acceptors (Lipinski definition) is 3. The molecule has 0 bridgehead atoms. The van der Waals surface area contributed by atoms with Gasteiger partial charge in [0.15, 0.2) is 0 Å². The maximum Gasteiger partial charge on any atom is 0.320 e. The number of aliphatic carboxylic acids is 1. The van der Waals surface area contributed by atoms with Crippen molar-refractivity contribution < 1.29 is 14.7 Å². The van der Waals surface area contributed by atoms with Crippen LogP contribution in [0.3, 0.4) is 0 Å². The molecule has 4 N–H and O–H groups in total. The molecule has 120 valence electrons. The molecule has 1 unspecified atom stereocenters. The maximum absolute atomic E-state index is 12.4. The first-order valence-electron chi connectivity index (χ1n) is 6.71. The molecule has 7 heteroatoms. The number of anilines is 1. The largest absolute Gasteiger partial charge is 0.480 e. The van der Waals surface area contributed by atoms with E-state index in [1.807, 2.05) is 0 Å². The molecule has 0 radical (unpaired) electrons. The number of carboxylic acids is 1. The molecule has 0 spiro atoms. The fraction of sp³-hybridized carbons (Fsp3) is 0.125. The molecular weight excluding hydrogens is 339 g/mol. The summed E-state index contributed by atoms with van der Waals surface area (Å²) in [6, 6.07) is 10.5. The van der Waals surface area contributed by atoms with Crippen LogP contribution in [0.4, 0.5) is 5.69 Å². The molecule has 0 aliphatic carbocycles. The van der Waals surface area contributed by atoms with Crippen LogP contribution in [-0.2, 0) is 11.2 Å². The van der Waals surface area contributed by atoms with E-state index < -0.39 is 17.9 Å². The SMILES string of the molecule is NC(Cc1ccccc1NC(=O)c1c(Cl)cccc1Cl)C(=O)O. The zero-order valence-electron chi connectivity index (χ0n) is 11.9. The Morgan fingerprint density at radius 2 is 1.70 bits per heavy atom. The zero-order chi connectivity index (χ0) is 17.0. The van der Waals surface area contributed by atoms with E-state index in [4.69, 9.17) is 34.0 Å². The summed E-state index contributed by atoms with van der Waals surface area (Å²) in [6.07, 6.45) is 0.0854. The summed E-state index contributed by atoms with van der Waals surface area (Å²) in [5.41, 5.74) is 6.79. The number of carbonyl (C=O) groups is 2. The lowest BCUT2D eigenvalue weighted by Gasteiger charge is -2.14. The molecular formula is C16H14Cl2N2O3. The molecule has 0 fully saturated rings. The lowest BCUT2D eigenvalue weighted by atomic mass is 10.0. The Morgan fingerprint density at radius 1 is 1.09 bits per heavy atom. The summed E-state index contributed by atoms with van der Waals surface area (Å²) >= 11 is 12.0. The predicted octanol–water partition coefficient (Wildman–Crippen LogP) is 3.20. The van der Waals surface area contributed by atoms with Gasteiger partial charge in [0.05, 0.1) is 15.6 Å². The number of halogens is 2. The fourth-order valence-electron chi connectivity index (χ4n) is 2.04. The number of hydrogen-bond donors (Lipinski definition) is 3. The lowest BCUT2D eigenvalue weighted by Crippen LogP contribution is -2.32. The van der Waals surface area contributed by atoms with E-state index in [2.05, 4.69) is 5.32 Å². The Bertz CT molecular complexity index is 730. The van der Waals surface area contributed by atoms with Crippen LogP contribution in [0.1, 0.15) is 15.9 Å². The molecule has 1 amide bonds. The van der Waals surface area contributed by atoms with Gasteiger partial charge in [0.25, 0.3) is 5.91 Å². The summed E-state index contributed by atoms with van der Waals surface area (Å²) < 4.78 is 0. The van der Waals surface area contributed by atoms with Gasteiger partial charge in [-0.15, -0.1) is 0 Å². The highest BCUT2D eigenvalue weighted by Gasteiger charge is 2.18. The zero-order valence-corrected chi connectivity index (χ0v) is 13.4. The van der Waals surface area contributed by atoms with Gasteiger partial charge in [0.1, 0.15) is 6.04 Å². The standard InChI is InChI=1S/C16H14Cl2N2O3/c17-10-5-3-6-11(18)14(10)15(21)20-13-7-2-1-4-9(13)8-12(19)16(22)23/h1-7,12H,8,19H2,(H,20,21)(H,22,23). The molecule has 5 nitrogen and oxygen atoms in total. The third-order valence-corrected chi connectivity index (χ3v) is 3.84. The number of carbonyl (C=O) groups excluding carboxylic acids is 1. The van der Waals surface area contributed by atoms with Crippen LogP contribution >= 0.6 is 23.2 Å². The molecule has 0 aliphatic rings. The van der Waals surface area contributed by atoms with Crippen LogP contribution < -0.4 is 11.1 Å². The number of nitrogens with one attached hydrogen (secondary N) is 1. The van der Waals surface area contributed by atoms with Crippen LogP contribution in [0.15, 0.2) is 42.5 Å². The van der Waals surface area contributed by atoms with Gasteiger partial charge in [-0.1, -0.05) is 47.5 Å². The van der Waals surface area contributed by atoms with Crippen molar-refractivity contribution >= 4 is 40.8 Å². The highest BCUT2D eigenvalue weighted by atomic mass is 35.5. The van der Waals surface area contributed by atoms with Gasteiger partial charge in [-0.05, 0) is 23.8 Å². The molecule has 2 rings (SSSR count). The quantitative estimate of drug-likeness (QED) is 0.770. The van der Waals surface area contributed by atoms with Gasteiger partial charge in [-0.25, -0.2) is 0 Å². The third-order valence-electron chi connectivity index (χ3n) is 3.21. The molecule has 0 aliphatic heterocycles. The van der Waals surface area contributed by atoms with Crippen LogP contribution in [0.5, 0.6) is 0 Å². The first-order valence-corrected chi connectivity index (χ1v) is 7.47. The van der Waals surface area contributed by atoms with Gasteiger partial charge >= 0.3 is 5.97 Å². The summed E-state index contributed by atoms with van der Waals surface area (Å²) in [7, 11) is 0. The first-order chi connectivity index (χ1) is 10.9. The number of para-hydroxylation sites is 1. The summed E-state index contributed by atoms with van der Waals surface area (Å²) in [5, 5.41) is 12.1.